The predicted molar refractivity (Wildman–Crippen MR) is 70.7 cm³/mol. The van der Waals surface area contributed by atoms with E-state index in [0.717, 1.165) is 17.7 Å². The predicted octanol–water partition coefficient (Wildman–Crippen LogP) is 1.90. The van der Waals surface area contributed by atoms with Gasteiger partial charge in [0.15, 0.2) is 5.90 Å². The van der Waals surface area contributed by atoms with Gasteiger partial charge < -0.3 is 14.6 Å². The Hall–Kier alpha value is -2.04. The van der Waals surface area contributed by atoms with Crippen LogP contribution >= 0.6 is 0 Å². The number of nitrogens with zero attached hydrogens (tertiary/aromatic N) is 1. The molecule has 0 aromatic heterocycles. The van der Waals surface area contributed by atoms with Gasteiger partial charge in [-0.25, -0.2) is 4.99 Å². The van der Waals surface area contributed by atoms with E-state index in [9.17, 15) is 4.79 Å². The molecule has 1 atom stereocenters. The Morgan fingerprint density at radius 2 is 2.32 bits per heavy atom. The van der Waals surface area contributed by atoms with Gasteiger partial charge in [0, 0.05) is 12.8 Å². The Bertz CT molecular complexity index is 484. The van der Waals surface area contributed by atoms with Gasteiger partial charge in [-0.3, -0.25) is 4.79 Å². The van der Waals surface area contributed by atoms with Crippen molar-refractivity contribution in [3.63, 3.8) is 0 Å². The SMILES string of the molecule is COc1ccccc1CC1COC(CCC(=O)O)=N1. The van der Waals surface area contributed by atoms with Gasteiger partial charge in [0.05, 0.1) is 19.6 Å². The molecule has 1 aliphatic heterocycles. The van der Waals surface area contributed by atoms with Gasteiger partial charge in [-0.2, -0.15) is 0 Å². The van der Waals surface area contributed by atoms with E-state index in [2.05, 4.69) is 4.99 Å². The summed E-state index contributed by atoms with van der Waals surface area (Å²) in [7, 11) is 1.64. The topological polar surface area (TPSA) is 68.1 Å². The van der Waals surface area contributed by atoms with Crippen LogP contribution in [-0.2, 0) is 16.0 Å². The molecule has 5 heteroatoms. The fourth-order valence-corrected chi connectivity index (χ4v) is 2.05. The molecular weight excluding hydrogens is 246 g/mol. The first-order valence-electron chi connectivity index (χ1n) is 6.22. The molecular formula is C14H17NO4. The number of aliphatic carboxylic acids is 1. The van der Waals surface area contributed by atoms with Crippen LogP contribution in [0.4, 0.5) is 0 Å². The fourth-order valence-electron chi connectivity index (χ4n) is 2.05. The minimum absolute atomic E-state index is 0.0418. The number of aliphatic imine (C=N–C) groups is 1. The molecule has 102 valence electrons. The molecule has 0 radical (unpaired) electrons. The Morgan fingerprint density at radius 3 is 3.05 bits per heavy atom. The second-order valence-corrected chi connectivity index (χ2v) is 4.40. The molecule has 0 aliphatic carbocycles. The van der Waals surface area contributed by atoms with Crippen LogP contribution in [0.3, 0.4) is 0 Å². The highest BCUT2D eigenvalue weighted by atomic mass is 16.5. The molecule has 5 nitrogen and oxygen atoms in total. The van der Waals surface area contributed by atoms with E-state index < -0.39 is 5.97 Å². The lowest BCUT2D eigenvalue weighted by Gasteiger charge is -2.09. The van der Waals surface area contributed by atoms with Gasteiger partial charge in [0.2, 0.25) is 0 Å². The van der Waals surface area contributed by atoms with Crippen LogP contribution in [0.2, 0.25) is 0 Å². The number of hydrogen-bond donors (Lipinski definition) is 1. The van der Waals surface area contributed by atoms with Crippen molar-refractivity contribution in [2.24, 2.45) is 4.99 Å². The Kier molecular flexibility index (Phi) is 4.39. The number of para-hydroxylation sites is 1. The maximum absolute atomic E-state index is 10.5. The summed E-state index contributed by atoms with van der Waals surface area (Å²) in [6, 6.07) is 7.85. The Morgan fingerprint density at radius 1 is 1.53 bits per heavy atom. The molecule has 0 bridgehead atoms. The lowest BCUT2D eigenvalue weighted by Crippen LogP contribution is -2.10. The van der Waals surface area contributed by atoms with Crippen LogP contribution in [0.1, 0.15) is 18.4 Å². The molecule has 1 N–H and O–H groups in total. The van der Waals surface area contributed by atoms with Gasteiger partial charge >= 0.3 is 5.97 Å². The minimum Gasteiger partial charge on any atom is -0.496 e. The first kappa shape index (κ1) is 13.4. The van der Waals surface area contributed by atoms with E-state index in [1.165, 1.54) is 0 Å². The largest absolute Gasteiger partial charge is 0.496 e. The van der Waals surface area contributed by atoms with Gasteiger partial charge in [0.1, 0.15) is 12.4 Å². The van der Waals surface area contributed by atoms with Crippen molar-refractivity contribution in [1.82, 2.24) is 0 Å². The molecule has 19 heavy (non-hydrogen) atoms. The monoisotopic (exact) mass is 263 g/mol. The lowest BCUT2D eigenvalue weighted by atomic mass is 10.1. The zero-order chi connectivity index (χ0) is 13.7. The van der Waals surface area contributed by atoms with Crippen LogP contribution in [0.25, 0.3) is 0 Å². The van der Waals surface area contributed by atoms with E-state index in [1.54, 1.807) is 7.11 Å². The smallest absolute Gasteiger partial charge is 0.303 e. The molecule has 1 aromatic carbocycles. The van der Waals surface area contributed by atoms with Gasteiger partial charge in [-0.15, -0.1) is 0 Å². The number of carboxylic acids is 1. The summed E-state index contributed by atoms with van der Waals surface area (Å²) in [4.78, 5) is 14.9. The molecule has 0 spiro atoms. The summed E-state index contributed by atoms with van der Waals surface area (Å²) in [6.45, 7) is 0.507. The maximum Gasteiger partial charge on any atom is 0.303 e. The fraction of sp³-hybridized carbons (Fsp3) is 0.429. The molecule has 0 saturated heterocycles. The van der Waals surface area contributed by atoms with Crippen LogP contribution in [-0.4, -0.2) is 36.7 Å². The molecule has 1 aliphatic rings. The van der Waals surface area contributed by atoms with Crippen molar-refractivity contribution >= 4 is 11.9 Å². The summed E-state index contributed by atoms with van der Waals surface area (Å²) in [6.07, 6.45) is 1.15. The molecule has 0 fully saturated rings. The van der Waals surface area contributed by atoms with E-state index in [-0.39, 0.29) is 12.5 Å². The number of methoxy groups -OCH3 is 1. The summed E-state index contributed by atoms with van der Waals surface area (Å²) < 4.78 is 10.7. The highest BCUT2D eigenvalue weighted by Crippen LogP contribution is 2.22. The van der Waals surface area contributed by atoms with E-state index in [1.807, 2.05) is 24.3 Å². The van der Waals surface area contributed by atoms with Crippen LogP contribution in [0.5, 0.6) is 5.75 Å². The third kappa shape index (κ3) is 3.71. The van der Waals surface area contributed by atoms with Crippen LogP contribution in [0, 0.1) is 0 Å². The quantitative estimate of drug-likeness (QED) is 0.851. The average Bonchev–Trinajstić information content (AvgIpc) is 2.85. The van der Waals surface area contributed by atoms with Gasteiger partial charge in [-0.1, -0.05) is 18.2 Å². The van der Waals surface area contributed by atoms with Crippen molar-refractivity contribution in [1.29, 1.82) is 0 Å². The number of hydrogen-bond acceptors (Lipinski definition) is 4. The van der Waals surface area contributed by atoms with Gasteiger partial charge in [0.25, 0.3) is 0 Å². The minimum atomic E-state index is -0.834. The summed E-state index contributed by atoms with van der Waals surface area (Å²) >= 11 is 0. The average molecular weight is 263 g/mol. The first-order valence-corrected chi connectivity index (χ1v) is 6.22. The van der Waals surface area contributed by atoms with Crippen molar-refractivity contribution in [2.45, 2.75) is 25.3 Å². The zero-order valence-electron chi connectivity index (χ0n) is 10.8. The number of benzene rings is 1. The normalized spacial score (nSPS) is 17.7. The van der Waals surface area contributed by atoms with Crippen molar-refractivity contribution < 1.29 is 19.4 Å². The second-order valence-electron chi connectivity index (χ2n) is 4.40. The van der Waals surface area contributed by atoms with E-state index in [4.69, 9.17) is 14.6 Å². The summed E-state index contributed by atoms with van der Waals surface area (Å²) in [5.74, 6) is 0.554. The van der Waals surface area contributed by atoms with Crippen molar-refractivity contribution in [3.05, 3.63) is 29.8 Å². The standard InChI is InChI=1S/C14H17NO4/c1-18-12-5-3-2-4-10(12)8-11-9-19-13(15-11)6-7-14(16)17/h2-5,11H,6-9H2,1H3,(H,16,17). The third-order valence-corrected chi connectivity index (χ3v) is 2.97. The second kappa shape index (κ2) is 6.22. The van der Waals surface area contributed by atoms with Crippen LogP contribution < -0.4 is 4.74 Å². The maximum atomic E-state index is 10.5. The Labute approximate surface area is 111 Å². The highest BCUT2D eigenvalue weighted by molar-refractivity contribution is 5.81. The zero-order valence-corrected chi connectivity index (χ0v) is 10.8. The summed E-state index contributed by atoms with van der Waals surface area (Å²) in [5, 5.41) is 8.62. The molecule has 0 saturated carbocycles. The molecule has 2 rings (SSSR count). The molecule has 0 amide bonds. The molecule has 1 aromatic rings. The first-order chi connectivity index (χ1) is 9.19. The highest BCUT2D eigenvalue weighted by Gasteiger charge is 2.20. The number of rotatable bonds is 6. The summed E-state index contributed by atoms with van der Waals surface area (Å²) in [5.41, 5.74) is 1.09. The van der Waals surface area contributed by atoms with Gasteiger partial charge in [-0.05, 0) is 11.6 Å². The number of carboxylic acid groups (broad SMARTS) is 1. The Balaban J connectivity index is 1.95. The van der Waals surface area contributed by atoms with Crippen LogP contribution in [0.15, 0.2) is 29.3 Å². The number of carbonyl (C=O) groups is 1. The third-order valence-electron chi connectivity index (χ3n) is 2.97. The number of ether oxygens (including phenoxy) is 2. The van der Waals surface area contributed by atoms with E-state index >= 15 is 0 Å². The lowest BCUT2D eigenvalue weighted by molar-refractivity contribution is -0.136. The van der Waals surface area contributed by atoms with Crippen molar-refractivity contribution in [3.8, 4) is 5.75 Å². The van der Waals surface area contributed by atoms with Crippen molar-refractivity contribution in [2.75, 3.05) is 13.7 Å². The van der Waals surface area contributed by atoms with E-state index in [0.29, 0.717) is 18.9 Å². The molecule has 1 heterocycles. The molecule has 1 unspecified atom stereocenters.